The number of primary amides is 1. The highest BCUT2D eigenvalue weighted by Crippen LogP contribution is 2.17. The van der Waals surface area contributed by atoms with Crippen molar-refractivity contribution in [3.63, 3.8) is 0 Å². The molecular formula is C19H18N5O2. The molecule has 0 aliphatic carbocycles. The Balaban J connectivity index is 1.66. The van der Waals surface area contributed by atoms with Crippen molar-refractivity contribution in [2.24, 2.45) is 5.73 Å². The van der Waals surface area contributed by atoms with E-state index in [0.717, 1.165) is 16.5 Å². The van der Waals surface area contributed by atoms with Crippen molar-refractivity contribution in [2.45, 2.75) is 13.0 Å². The lowest BCUT2D eigenvalue weighted by molar-refractivity contribution is -0.118. The number of amides is 2. The summed E-state index contributed by atoms with van der Waals surface area (Å²) in [5.41, 5.74) is 13.3. The van der Waals surface area contributed by atoms with E-state index in [2.05, 4.69) is 15.3 Å². The largest absolute Gasteiger partial charge is 0.384 e. The van der Waals surface area contributed by atoms with Gasteiger partial charge in [0.15, 0.2) is 0 Å². The molecule has 1 radical (unpaired) electrons. The van der Waals surface area contributed by atoms with Gasteiger partial charge in [-0.2, -0.15) is 0 Å². The van der Waals surface area contributed by atoms with E-state index in [0.29, 0.717) is 23.6 Å². The standard InChI is InChI=1S/C19H18N5O2/c20-17-7-5-12(10-22-17)11-23-18(25)8-6-16-14(19(21)26)9-13-3-1-2-4-15(13)24-16/h1-5,7-10H,6,11H2,(H2,20,22)(H2,21,26)(H,23,25). The summed E-state index contributed by atoms with van der Waals surface area (Å²) in [6, 6.07) is 12.6. The number of aromatic nitrogens is 2. The van der Waals surface area contributed by atoms with Gasteiger partial charge in [-0.25, -0.2) is 4.98 Å². The first kappa shape index (κ1) is 17.3. The highest BCUT2D eigenvalue weighted by Gasteiger charge is 2.13. The molecule has 7 nitrogen and oxygen atoms in total. The van der Waals surface area contributed by atoms with Crippen LogP contribution in [0, 0.1) is 6.42 Å². The van der Waals surface area contributed by atoms with Crippen LogP contribution in [0.15, 0.2) is 48.7 Å². The van der Waals surface area contributed by atoms with Gasteiger partial charge in [-0.15, -0.1) is 0 Å². The van der Waals surface area contributed by atoms with Crippen LogP contribution in [-0.2, 0) is 17.8 Å². The van der Waals surface area contributed by atoms with Crippen molar-refractivity contribution in [3.8, 4) is 0 Å². The predicted octanol–water partition coefficient (Wildman–Crippen LogP) is 1.37. The van der Waals surface area contributed by atoms with Gasteiger partial charge in [0.2, 0.25) is 5.91 Å². The van der Waals surface area contributed by atoms with E-state index in [4.69, 9.17) is 11.5 Å². The number of nitrogen functional groups attached to an aromatic ring is 1. The minimum absolute atomic E-state index is 0.203. The Hall–Kier alpha value is -3.48. The van der Waals surface area contributed by atoms with Crippen molar-refractivity contribution >= 4 is 28.5 Å². The number of rotatable bonds is 6. The lowest BCUT2D eigenvalue weighted by Gasteiger charge is -2.09. The van der Waals surface area contributed by atoms with E-state index in [1.165, 1.54) is 6.42 Å². The SMILES string of the molecule is NC(=O)c1cc2ccccc2nc1C[CH]C(=O)NCc1ccc(N)nc1. The summed E-state index contributed by atoms with van der Waals surface area (Å²) >= 11 is 0. The molecule has 3 aromatic rings. The normalized spacial score (nSPS) is 10.6. The fraction of sp³-hybridized carbons (Fsp3) is 0.105. The van der Waals surface area contributed by atoms with Crippen LogP contribution in [0.1, 0.15) is 21.6 Å². The van der Waals surface area contributed by atoms with Crippen LogP contribution in [0.5, 0.6) is 0 Å². The first-order valence-electron chi connectivity index (χ1n) is 8.03. The van der Waals surface area contributed by atoms with Gasteiger partial charge in [0.25, 0.3) is 5.91 Å². The molecule has 3 rings (SSSR count). The van der Waals surface area contributed by atoms with Crippen LogP contribution in [0.3, 0.4) is 0 Å². The second-order valence-electron chi connectivity index (χ2n) is 5.76. The molecule has 0 saturated heterocycles. The van der Waals surface area contributed by atoms with Crippen molar-refractivity contribution in [2.75, 3.05) is 5.73 Å². The summed E-state index contributed by atoms with van der Waals surface area (Å²) in [6.07, 6.45) is 3.24. The first-order valence-corrected chi connectivity index (χ1v) is 8.03. The molecule has 0 fully saturated rings. The Morgan fingerprint density at radius 3 is 2.69 bits per heavy atom. The van der Waals surface area contributed by atoms with Gasteiger partial charge in [-0.05, 0) is 23.8 Å². The summed E-state index contributed by atoms with van der Waals surface area (Å²) in [5.74, 6) is -0.416. The zero-order chi connectivity index (χ0) is 18.5. The topological polar surface area (TPSA) is 124 Å². The molecule has 0 aliphatic rings. The second-order valence-corrected chi connectivity index (χ2v) is 5.76. The third-order valence-electron chi connectivity index (χ3n) is 3.86. The number of carbonyl (C=O) groups excluding carboxylic acids is 2. The fourth-order valence-electron chi connectivity index (χ4n) is 2.52. The number of nitrogens with zero attached hydrogens (tertiary/aromatic N) is 2. The molecule has 1 aromatic carbocycles. The Morgan fingerprint density at radius 2 is 1.96 bits per heavy atom. The molecule has 2 heterocycles. The maximum Gasteiger partial charge on any atom is 0.250 e. The van der Waals surface area contributed by atoms with Crippen LogP contribution in [0.4, 0.5) is 5.82 Å². The minimum Gasteiger partial charge on any atom is -0.384 e. The zero-order valence-corrected chi connectivity index (χ0v) is 14.0. The molecule has 0 aliphatic heterocycles. The number of hydrogen-bond donors (Lipinski definition) is 3. The molecule has 0 saturated carbocycles. The van der Waals surface area contributed by atoms with Gasteiger partial charge >= 0.3 is 0 Å². The molecule has 0 unspecified atom stereocenters. The number of anilines is 1. The molecule has 0 bridgehead atoms. The summed E-state index contributed by atoms with van der Waals surface area (Å²) in [7, 11) is 0. The van der Waals surface area contributed by atoms with Crippen LogP contribution < -0.4 is 16.8 Å². The highest BCUT2D eigenvalue weighted by molar-refractivity contribution is 5.98. The summed E-state index contributed by atoms with van der Waals surface area (Å²) < 4.78 is 0. The second kappa shape index (κ2) is 7.60. The number of hydrogen-bond acceptors (Lipinski definition) is 5. The lowest BCUT2D eigenvalue weighted by atomic mass is 10.0. The smallest absolute Gasteiger partial charge is 0.250 e. The molecule has 7 heteroatoms. The number of pyridine rings is 2. The van der Waals surface area contributed by atoms with Crippen LogP contribution >= 0.6 is 0 Å². The monoisotopic (exact) mass is 348 g/mol. The summed E-state index contributed by atoms with van der Waals surface area (Å²) in [4.78, 5) is 32.2. The van der Waals surface area contributed by atoms with Crippen LogP contribution in [0.2, 0.25) is 0 Å². The van der Waals surface area contributed by atoms with E-state index in [-0.39, 0.29) is 12.3 Å². The third-order valence-corrected chi connectivity index (χ3v) is 3.86. The van der Waals surface area contributed by atoms with Crippen molar-refractivity contribution in [1.29, 1.82) is 0 Å². The predicted molar refractivity (Wildman–Crippen MR) is 98.8 cm³/mol. The molecule has 0 atom stereocenters. The van der Waals surface area contributed by atoms with Gasteiger partial charge in [0.05, 0.1) is 23.2 Å². The summed E-state index contributed by atoms with van der Waals surface area (Å²) in [6.45, 7) is 0.330. The first-order chi connectivity index (χ1) is 12.5. The Labute approximate surface area is 150 Å². The molecule has 131 valence electrons. The maximum absolute atomic E-state index is 12.0. The van der Waals surface area contributed by atoms with Crippen LogP contribution in [-0.4, -0.2) is 21.8 Å². The number of nitrogens with two attached hydrogens (primary N) is 2. The van der Waals surface area contributed by atoms with Crippen molar-refractivity contribution in [1.82, 2.24) is 15.3 Å². The summed E-state index contributed by atoms with van der Waals surface area (Å²) in [5, 5.41) is 3.58. The molecule has 5 N–H and O–H groups in total. The molecule has 26 heavy (non-hydrogen) atoms. The van der Waals surface area contributed by atoms with E-state index >= 15 is 0 Å². The quantitative estimate of drug-likeness (QED) is 0.621. The Morgan fingerprint density at radius 1 is 1.15 bits per heavy atom. The number of nitrogens with one attached hydrogen (secondary N) is 1. The van der Waals surface area contributed by atoms with Gasteiger partial charge in [0, 0.05) is 24.5 Å². The van der Waals surface area contributed by atoms with E-state index in [1.54, 1.807) is 24.4 Å². The number of benzene rings is 1. The van der Waals surface area contributed by atoms with Gasteiger partial charge in [0.1, 0.15) is 5.82 Å². The molecule has 0 spiro atoms. The lowest BCUT2D eigenvalue weighted by Crippen LogP contribution is -2.24. The highest BCUT2D eigenvalue weighted by atomic mass is 16.2. The fourth-order valence-corrected chi connectivity index (χ4v) is 2.52. The van der Waals surface area contributed by atoms with E-state index in [9.17, 15) is 9.59 Å². The Bertz CT molecular complexity index is 954. The van der Waals surface area contributed by atoms with Gasteiger partial charge < -0.3 is 16.8 Å². The minimum atomic E-state index is -0.569. The van der Waals surface area contributed by atoms with E-state index in [1.807, 2.05) is 24.3 Å². The molecule has 2 aromatic heterocycles. The van der Waals surface area contributed by atoms with Crippen molar-refractivity contribution in [3.05, 3.63) is 71.9 Å². The maximum atomic E-state index is 12.0. The third kappa shape index (κ3) is 4.13. The van der Waals surface area contributed by atoms with Gasteiger partial charge in [-0.3, -0.25) is 14.6 Å². The zero-order valence-electron chi connectivity index (χ0n) is 14.0. The average Bonchev–Trinajstić information content (AvgIpc) is 2.65. The number of fused-ring (bicyclic) bond motifs is 1. The van der Waals surface area contributed by atoms with Crippen molar-refractivity contribution < 1.29 is 9.59 Å². The number of carbonyl (C=O) groups is 2. The molecular weight excluding hydrogens is 330 g/mol. The average molecular weight is 348 g/mol. The Kier molecular flexibility index (Phi) is 5.07. The number of para-hydroxylation sites is 1. The van der Waals surface area contributed by atoms with E-state index < -0.39 is 5.91 Å². The molecule has 2 amide bonds. The van der Waals surface area contributed by atoms with Gasteiger partial charge in [-0.1, -0.05) is 24.3 Å². The van der Waals surface area contributed by atoms with Crippen LogP contribution in [0.25, 0.3) is 10.9 Å².